The van der Waals surface area contributed by atoms with E-state index in [0.29, 0.717) is 6.04 Å². The maximum absolute atomic E-state index is 13.4. The molecule has 2 aliphatic heterocycles. The second-order valence-corrected chi connectivity index (χ2v) is 12.6. The minimum atomic E-state index is -3.97. The lowest BCUT2D eigenvalue weighted by atomic mass is 10.1. The molecule has 0 spiro atoms. The van der Waals surface area contributed by atoms with Gasteiger partial charge in [-0.1, -0.05) is 37.3 Å². The molecule has 38 heavy (non-hydrogen) atoms. The van der Waals surface area contributed by atoms with Crippen molar-refractivity contribution in [1.82, 2.24) is 9.29 Å². The molecule has 2 aromatic heterocycles. The normalized spacial score (nSPS) is 20.7. The van der Waals surface area contributed by atoms with Gasteiger partial charge < -0.3 is 14.9 Å². The number of hydrogen-bond donors (Lipinski definition) is 1. The average molecular weight is 555 g/mol. The summed E-state index contributed by atoms with van der Waals surface area (Å²) in [5.41, 5.74) is 1.14. The largest absolute Gasteiger partial charge is 0.477 e. The molecule has 2 unspecified atom stereocenters. The summed E-state index contributed by atoms with van der Waals surface area (Å²) in [5, 5.41) is 9.85. The fraction of sp³-hybridized carbons (Fsp3) is 0.370. The molecule has 9 nitrogen and oxygen atoms in total. The van der Waals surface area contributed by atoms with Crippen LogP contribution in [0.15, 0.2) is 59.6 Å². The third-order valence-corrected chi connectivity index (χ3v) is 10.2. The van der Waals surface area contributed by atoms with Gasteiger partial charge in [-0.25, -0.2) is 18.2 Å². The highest BCUT2D eigenvalue weighted by Gasteiger charge is 2.39. The number of aromatic nitrogens is 1. The van der Waals surface area contributed by atoms with Crippen molar-refractivity contribution in [2.24, 2.45) is 0 Å². The summed E-state index contributed by atoms with van der Waals surface area (Å²) < 4.78 is 28.1. The molecular formula is C27H30N4O5S2. The molecule has 1 amide bonds. The molecule has 3 aromatic rings. The van der Waals surface area contributed by atoms with Gasteiger partial charge in [-0.3, -0.25) is 4.79 Å². The first-order chi connectivity index (χ1) is 18.2. The Morgan fingerprint density at radius 2 is 1.95 bits per heavy atom. The van der Waals surface area contributed by atoms with Crippen LogP contribution in [-0.2, 0) is 14.8 Å². The van der Waals surface area contributed by atoms with Crippen LogP contribution < -0.4 is 9.80 Å². The number of hydrogen-bond acceptors (Lipinski definition) is 7. The van der Waals surface area contributed by atoms with Crippen molar-refractivity contribution in [1.29, 1.82) is 0 Å². The Kier molecular flexibility index (Phi) is 7.26. The molecule has 1 aromatic carbocycles. The number of carbonyl (C=O) groups is 2. The van der Waals surface area contributed by atoms with Gasteiger partial charge in [-0.05, 0) is 49.9 Å². The number of carbonyl (C=O) groups excluding carboxylic acids is 1. The zero-order chi connectivity index (χ0) is 27.0. The van der Waals surface area contributed by atoms with Crippen LogP contribution in [0.25, 0.3) is 10.4 Å². The molecule has 0 aliphatic carbocycles. The number of nitrogens with zero attached hydrogens (tertiary/aromatic N) is 4. The van der Waals surface area contributed by atoms with Crippen LogP contribution in [0.3, 0.4) is 0 Å². The van der Waals surface area contributed by atoms with E-state index in [1.807, 2.05) is 30.3 Å². The van der Waals surface area contributed by atoms with Gasteiger partial charge >= 0.3 is 5.97 Å². The summed E-state index contributed by atoms with van der Waals surface area (Å²) in [6.07, 6.45) is 4.56. The molecule has 200 valence electrons. The van der Waals surface area contributed by atoms with Gasteiger partial charge in [-0.15, -0.1) is 11.3 Å². The van der Waals surface area contributed by atoms with Crippen LogP contribution in [0.2, 0.25) is 0 Å². The minimum Gasteiger partial charge on any atom is -0.477 e. The first kappa shape index (κ1) is 26.3. The quantitative estimate of drug-likeness (QED) is 0.463. The SMILES string of the molecule is CCC1CCCN1c1ccc(S(=O)(=O)N2CC(=O)N(c3cc(-c4ccccc4)sc3C(=O)O)C(C)C2)cn1. The van der Waals surface area contributed by atoms with E-state index in [1.54, 1.807) is 25.1 Å². The van der Waals surface area contributed by atoms with Gasteiger partial charge in [0.15, 0.2) is 0 Å². The van der Waals surface area contributed by atoms with E-state index >= 15 is 0 Å². The summed E-state index contributed by atoms with van der Waals surface area (Å²) >= 11 is 1.10. The predicted molar refractivity (Wildman–Crippen MR) is 147 cm³/mol. The molecule has 0 bridgehead atoms. The van der Waals surface area contributed by atoms with Crippen LogP contribution in [0, 0.1) is 0 Å². The molecule has 1 N–H and O–H groups in total. The number of thiophene rings is 1. The third-order valence-electron chi connectivity index (χ3n) is 7.21. The number of benzene rings is 1. The summed E-state index contributed by atoms with van der Waals surface area (Å²) in [7, 11) is -3.97. The Morgan fingerprint density at radius 3 is 2.58 bits per heavy atom. The van der Waals surface area contributed by atoms with Crippen LogP contribution in [0.1, 0.15) is 42.8 Å². The second-order valence-electron chi connectivity index (χ2n) is 9.66. The number of pyridine rings is 1. The lowest BCUT2D eigenvalue weighted by molar-refractivity contribution is -0.120. The first-order valence-electron chi connectivity index (χ1n) is 12.7. The number of sulfonamides is 1. The van der Waals surface area contributed by atoms with Gasteiger partial charge in [0.05, 0.1) is 12.2 Å². The monoisotopic (exact) mass is 554 g/mol. The van der Waals surface area contributed by atoms with Crippen molar-refractivity contribution in [2.45, 2.75) is 50.1 Å². The van der Waals surface area contributed by atoms with Crippen molar-refractivity contribution in [2.75, 3.05) is 29.4 Å². The third kappa shape index (κ3) is 4.81. The van der Waals surface area contributed by atoms with Gasteiger partial charge in [0.25, 0.3) is 0 Å². The van der Waals surface area contributed by atoms with Crippen molar-refractivity contribution in [3.63, 3.8) is 0 Å². The van der Waals surface area contributed by atoms with Crippen molar-refractivity contribution >= 4 is 44.7 Å². The lowest BCUT2D eigenvalue weighted by Crippen LogP contribution is -2.57. The minimum absolute atomic E-state index is 0.0371. The van der Waals surface area contributed by atoms with Gasteiger partial charge in [-0.2, -0.15) is 4.31 Å². The Bertz CT molecular complexity index is 1440. The van der Waals surface area contributed by atoms with Gasteiger partial charge in [0.2, 0.25) is 15.9 Å². The first-order valence-corrected chi connectivity index (χ1v) is 14.9. The van der Waals surface area contributed by atoms with E-state index in [9.17, 15) is 23.1 Å². The van der Waals surface area contributed by atoms with Crippen LogP contribution >= 0.6 is 11.3 Å². The predicted octanol–water partition coefficient (Wildman–Crippen LogP) is 4.31. The van der Waals surface area contributed by atoms with E-state index < -0.39 is 27.9 Å². The standard InChI is InChI=1S/C27H30N4O5S2/c1-3-20-10-7-13-30(20)24-12-11-21(15-28-24)38(35,36)29-16-18(2)31(25(32)17-29)22-14-23(37-26(22)27(33)34)19-8-5-4-6-9-19/h4-6,8-9,11-12,14-15,18,20H,3,7,10,13,16-17H2,1-2H3,(H,33,34). The van der Waals surface area contributed by atoms with Crippen LogP contribution in [-0.4, -0.2) is 66.4 Å². The number of anilines is 2. The molecule has 5 rings (SSSR count). The number of amides is 1. The van der Waals surface area contributed by atoms with Crippen LogP contribution in [0.5, 0.6) is 0 Å². The molecule has 11 heteroatoms. The number of piperazine rings is 1. The highest BCUT2D eigenvalue weighted by Crippen LogP contribution is 2.39. The zero-order valence-electron chi connectivity index (χ0n) is 21.3. The number of aromatic carboxylic acids is 1. The van der Waals surface area contributed by atoms with E-state index in [0.717, 1.165) is 57.7 Å². The highest BCUT2D eigenvalue weighted by molar-refractivity contribution is 7.89. The zero-order valence-corrected chi connectivity index (χ0v) is 22.9. The molecule has 2 aliphatic rings. The van der Waals surface area contributed by atoms with E-state index in [1.165, 1.54) is 11.1 Å². The number of rotatable bonds is 7. The fourth-order valence-electron chi connectivity index (χ4n) is 5.33. The van der Waals surface area contributed by atoms with Crippen molar-refractivity contribution < 1.29 is 23.1 Å². The molecule has 0 saturated carbocycles. The van der Waals surface area contributed by atoms with E-state index in [2.05, 4.69) is 16.8 Å². The molecule has 2 saturated heterocycles. The topological polar surface area (TPSA) is 111 Å². The Morgan fingerprint density at radius 1 is 1.18 bits per heavy atom. The highest BCUT2D eigenvalue weighted by atomic mass is 32.2. The van der Waals surface area contributed by atoms with Gasteiger partial charge in [0, 0.05) is 36.2 Å². The van der Waals surface area contributed by atoms with E-state index in [-0.39, 0.29) is 28.5 Å². The maximum atomic E-state index is 13.4. The Balaban J connectivity index is 1.38. The molecular weight excluding hydrogens is 524 g/mol. The Labute approximate surface area is 226 Å². The summed E-state index contributed by atoms with van der Waals surface area (Å²) in [6, 6.07) is 14.2. The number of carboxylic acids is 1. The van der Waals surface area contributed by atoms with Crippen LogP contribution in [0.4, 0.5) is 11.5 Å². The Hall–Kier alpha value is -3.28. The molecule has 2 fully saturated rings. The van der Waals surface area contributed by atoms with Crippen molar-refractivity contribution in [3.05, 3.63) is 59.6 Å². The lowest BCUT2D eigenvalue weighted by Gasteiger charge is -2.38. The summed E-state index contributed by atoms with van der Waals surface area (Å²) in [4.78, 5) is 34.3. The fourth-order valence-corrected chi connectivity index (χ4v) is 7.74. The number of carboxylic acid groups (broad SMARTS) is 1. The average Bonchev–Trinajstić information content (AvgIpc) is 3.57. The van der Waals surface area contributed by atoms with Gasteiger partial charge in [0.1, 0.15) is 15.6 Å². The molecule has 2 atom stereocenters. The smallest absolute Gasteiger partial charge is 0.348 e. The molecule has 0 radical (unpaired) electrons. The van der Waals surface area contributed by atoms with Crippen molar-refractivity contribution in [3.8, 4) is 10.4 Å². The van der Waals surface area contributed by atoms with E-state index in [4.69, 9.17) is 0 Å². The molecule has 4 heterocycles. The summed E-state index contributed by atoms with van der Waals surface area (Å²) in [6.45, 7) is 4.42. The second kappa shape index (κ2) is 10.5. The summed E-state index contributed by atoms with van der Waals surface area (Å²) in [5.74, 6) is -0.841. The maximum Gasteiger partial charge on any atom is 0.348 e.